The van der Waals surface area contributed by atoms with Crippen LogP contribution in [0.25, 0.3) is 87.7 Å². The van der Waals surface area contributed by atoms with Crippen molar-refractivity contribution in [2.75, 3.05) is 4.90 Å². The molecule has 2 heterocycles. The number of nitrogens with zero attached hydrogens (tertiary/aromatic N) is 1. The maximum absolute atomic E-state index is 6.42. The maximum atomic E-state index is 6.42. The first-order valence-corrected chi connectivity index (χ1v) is 18.0. The average molecular weight is 678 g/mol. The van der Waals surface area contributed by atoms with E-state index < -0.39 is 0 Å². The number of fused-ring (bicyclic) bond motifs is 8. The Bertz CT molecular complexity index is 3160. The smallest absolute Gasteiger partial charge is 0.137 e. The third kappa shape index (κ3) is 4.68. The third-order valence-corrected chi connectivity index (χ3v) is 10.7. The number of anilines is 3. The van der Waals surface area contributed by atoms with Gasteiger partial charge < -0.3 is 13.7 Å². The summed E-state index contributed by atoms with van der Waals surface area (Å²) < 4.78 is 12.8. The van der Waals surface area contributed by atoms with Gasteiger partial charge in [0.15, 0.2) is 0 Å². The van der Waals surface area contributed by atoms with Crippen molar-refractivity contribution in [3.05, 3.63) is 188 Å². The van der Waals surface area contributed by atoms with Crippen LogP contribution in [0.5, 0.6) is 0 Å². The van der Waals surface area contributed by atoms with Crippen LogP contribution in [0.1, 0.15) is 0 Å². The highest BCUT2D eigenvalue weighted by Crippen LogP contribution is 2.46. The largest absolute Gasteiger partial charge is 0.456 e. The minimum Gasteiger partial charge on any atom is -0.456 e. The van der Waals surface area contributed by atoms with Crippen LogP contribution in [-0.2, 0) is 0 Å². The Morgan fingerprint density at radius 1 is 0.340 bits per heavy atom. The number of benzene rings is 9. The fourth-order valence-electron chi connectivity index (χ4n) is 8.26. The molecule has 0 N–H and O–H groups in total. The van der Waals surface area contributed by atoms with Crippen molar-refractivity contribution in [1.82, 2.24) is 0 Å². The van der Waals surface area contributed by atoms with Gasteiger partial charge in [-0.3, -0.25) is 0 Å². The summed E-state index contributed by atoms with van der Waals surface area (Å²) in [7, 11) is 0. The van der Waals surface area contributed by atoms with E-state index in [9.17, 15) is 0 Å². The van der Waals surface area contributed by atoms with Crippen molar-refractivity contribution >= 4 is 82.5 Å². The summed E-state index contributed by atoms with van der Waals surface area (Å²) in [4.78, 5) is 2.35. The van der Waals surface area contributed by atoms with Crippen LogP contribution < -0.4 is 4.90 Å². The van der Waals surface area contributed by atoms with E-state index in [1.54, 1.807) is 0 Å². The van der Waals surface area contributed by atoms with E-state index >= 15 is 0 Å². The number of para-hydroxylation sites is 2. The van der Waals surface area contributed by atoms with E-state index in [1.807, 2.05) is 18.2 Å². The fraction of sp³-hybridized carbons (Fsp3) is 0. The lowest BCUT2D eigenvalue weighted by molar-refractivity contribution is 0.669. The van der Waals surface area contributed by atoms with Gasteiger partial charge in [0.1, 0.15) is 22.3 Å². The molecule has 9 aromatic carbocycles. The molecule has 0 aliphatic heterocycles. The molecule has 11 aromatic rings. The van der Waals surface area contributed by atoms with Gasteiger partial charge in [0, 0.05) is 33.1 Å². The lowest BCUT2D eigenvalue weighted by Gasteiger charge is -2.27. The minimum absolute atomic E-state index is 0.864. The first-order chi connectivity index (χ1) is 26.3. The Labute approximate surface area is 305 Å². The molecular formula is C50H31NO2. The van der Waals surface area contributed by atoms with E-state index in [0.29, 0.717) is 0 Å². The van der Waals surface area contributed by atoms with Crippen molar-refractivity contribution in [3.8, 4) is 22.3 Å². The summed E-state index contributed by atoms with van der Waals surface area (Å²) in [6.45, 7) is 0. The van der Waals surface area contributed by atoms with E-state index in [1.165, 1.54) is 32.8 Å². The number of hydrogen-bond acceptors (Lipinski definition) is 3. The lowest BCUT2D eigenvalue weighted by Crippen LogP contribution is -2.10. The molecule has 0 saturated carbocycles. The second-order valence-electron chi connectivity index (χ2n) is 13.6. The monoisotopic (exact) mass is 677 g/mol. The molecule has 53 heavy (non-hydrogen) atoms. The van der Waals surface area contributed by atoms with Crippen molar-refractivity contribution in [3.63, 3.8) is 0 Å². The summed E-state index contributed by atoms with van der Waals surface area (Å²) in [6.07, 6.45) is 0. The molecule has 0 saturated heterocycles. The molecule has 0 aliphatic rings. The van der Waals surface area contributed by atoms with E-state index in [4.69, 9.17) is 8.83 Å². The molecule has 3 heteroatoms. The molecule has 11 rings (SSSR count). The Morgan fingerprint density at radius 2 is 0.868 bits per heavy atom. The zero-order valence-electron chi connectivity index (χ0n) is 28.7. The normalized spacial score (nSPS) is 11.8. The highest BCUT2D eigenvalue weighted by atomic mass is 16.3. The topological polar surface area (TPSA) is 29.5 Å². The molecule has 0 fully saturated rings. The van der Waals surface area contributed by atoms with Gasteiger partial charge in [0.2, 0.25) is 0 Å². The number of rotatable bonds is 5. The maximum Gasteiger partial charge on any atom is 0.137 e. The summed E-state index contributed by atoms with van der Waals surface area (Å²) in [5.41, 5.74) is 11.4. The first-order valence-electron chi connectivity index (χ1n) is 18.0. The van der Waals surface area contributed by atoms with Gasteiger partial charge in [0.25, 0.3) is 0 Å². The summed E-state index contributed by atoms with van der Waals surface area (Å²) in [5.74, 6) is 0. The lowest BCUT2D eigenvalue weighted by atomic mass is 9.93. The first kappa shape index (κ1) is 29.6. The molecule has 2 aromatic heterocycles. The SMILES string of the molecule is c1ccc2c(-c3ccc(N(c4ccc(-c5c6ccccc6cc6oc7ccccc7c56)cc4)c4cccc5oc6ccccc6c45)cc3)cccc2c1. The highest BCUT2D eigenvalue weighted by Gasteiger charge is 2.21. The second kappa shape index (κ2) is 11.7. The highest BCUT2D eigenvalue weighted by molar-refractivity contribution is 6.21. The molecule has 0 bridgehead atoms. The molecular weight excluding hydrogens is 647 g/mol. The predicted molar refractivity (Wildman–Crippen MR) is 222 cm³/mol. The molecule has 0 atom stereocenters. The Kier molecular flexibility index (Phi) is 6.55. The van der Waals surface area contributed by atoms with Crippen LogP contribution in [0.4, 0.5) is 17.1 Å². The van der Waals surface area contributed by atoms with Crippen LogP contribution in [-0.4, -0.2) is 0 Å². The average Bonchev–Trinajstić information content (AvgIpc) is 3.79. The predicted octanol–water partition coefficient (Wildman–Crippen LogP) is 14.6. The van der Waals surface area contributed by atoms with Crippen molar-refractivity contribution < 1.29 is 8.83 Å². The van der Waals surface area contributed by atoms with Crippen molar-refractivity contribution in [2.24, 2.45) is 0 Å². The summed E-state index contributed by atoms with van der Waals surface area (Å²) in [5, 5.41) is 9.29. The Balaban J connectivity index is 1.11. The van der Waals surface area contributed by atoms with Gasteiger partial charge in [-0.2, -0.15) is 0 Å². The van der Waals surface area contributed by atoms with Crippen LogP contribution in [0.15, 0.2) is 197 Å². The zero-order valence-corrected chi connectivity index (χ0v) is 28.7. The Morgan fingerprint density at radius 3 is 1.60 bits per heavy atom. The molecule has 0 unspecified atom stereocenters. The van der Waals surface area contributed by atoms with Crippen molar-refractivity contribution in [2.45, 2.75) is 0 Å². The van der Waals surface area contributed by atoms with Gasteiger partial charge in [0.05, 0.1) is 11.1 Å². The standard InChI is InChI=1S/C50H31NO2/c1-3-14-38-32(11-1)13-9-18-39(38)33-23-27-36(28-24-33)51(43-19-10-22-46-49(43)41-16-5-7-20-44(41)52-46)37-29-25-34(26-30-37)48-40-15-4-2-12-35(40)31-47-50(48)42-17-6-8-21-45(42)53-47/h1-31H. The molecule has 0 spiro atoms. The Hall–Kier alpha value is -7.10. The molecule has 248 valence electrons. The van der Waals surface area contributed by atoms with Crippen LogP contribution >= 0.6 is 0 Å². The second-order valence-corrected chi connectivity index (χ2v) is 13.6. The van der Waals surface area contributed by atoms with E-state index in [2.05, 4.69) is 175 Å². The molecule has 3 nitrogen and oxygen atoms in total. The molecule has 0 radical (unpaired) electrons. The molecule has 0 aliphatic carbocycles. The van der Waals surface area contributed by atoms with Crippen LogP contribution in [0.3, 0.4) is 0 Å². The van der Waals surface area contributed by atoms with Gasteiger partial charge in [-0.25, -0.2) is 0 Å². The van der Waals surface area contributed by atoms with Gasteiger partial charge in [-0.1, -0.05) is 133 Å². The quantitative estimate of drug-likeness (QED) is 0.182. The number of hydrogen-bond donors (Lipinski definition) is 0. The van der Waals surface area contributed by atoms with Crippen LogP contribution in [0, 0.1) is 0 Å². The van der Waals surface area contributed by atoms with E-state index in [0.717, 1.165) is 71.9 Å². The zero-order chi connectivity index (χ0) is 34.9. The van der Waals surface area contributed by atoms with Crippen LogP contribution in [0.2, 0.25) is 0 Å². The molecule has 0 amide bonds. The van der Waals surface area contributed by atoms with E-state index in [-0.39, 0.29) is 0 Å². The van der Waals surface area contributed by atoms with Crippen molar-refractivity contribution in [1.29, 1.82) is 0 Å². The summed E-state index contributed by atoms with van der Waals surface area (Å²) >= 11 is 0. The van der Waals surface area contributed by atoms with Gasteiger partial charge in [-0.05, 0) is 92.8 Å². The van der Waals surface area contributed by atoms with Gasteiger partial charge >= 0.3 is 0 Å². The van der Waals surface area contributed by atoms with Gasteiger partial charge in [-0.15, -0.1) is 0 Å². The number of furan rings is 2. The fourth-order valence-corrected chi connectivity index (χ4v) is 8.26. The minimum atomic E-state index is 0.864. The third-order valence-electron chi connectivity index (χ3n) is 10.7. The summed E-state index contributed by atoms with van der Waals surface area (Å²) in [6, 6.07) is 66.8.